The van der Waals surface area contributed by atoms with Crippen molar-refractivity contribution in [1.82, 2.24) is 4.90 Å². The summed E-state index contributed by atoms with van der Waals surface area (Å²) in [6.45, 7) is 4.16. The highest BCUT2D eigenvalue weighted by Crippen LogP contribution is 2.37. The van der Waals surface area contributed by atoms with Crippen LogP contribution in [0.5, 0.6) is 11.5 Å². The Bertz CT molecular complexity index is 422. The molecule has 1 heterocycles. The number of benzene rings is 1. The Hall–Kier alpha value is -1.26. The maximum Gasteiger partial charge on any atom is 0.126 e. The van der Waals surface area contributed by atoms with Gasteiger partial charge in [0.15, 0.2) is 0 Å². The van der Waals surface area contributed by atoms with E-state index in [0.717, 1.165) is 31.0 Å². The van der Waals surface area contributed by atoms with Crippen LogP contribution in [0.1, 0.15) is 24.8 Å². The van der Waals surface area contributed by atoms with Gasteiger partial charge in [0.25, 0.3) is 0 Å². The molecule has 2 atom stereocenters. The molecule has 0 spiro atoms. The zero-order valence-electron chi connectivity index (χ0n) is 11.9. The summed E-state index contributed by atoms with van der Waals surface area (Å²) < 4.78 is 10.7. The van der Waals surface area contributed by atoms with Gasteiger partial charge in [-0.3, -0.25) is 4.90 Å². The molecule has 1 aromatic rings. The second-order valence-corrected chi connectivity index (χ2v) is 5.11. The number of ether oxygens (including phenoxy) is 2. The van der Waals surface area contributed by atoms with Gasteiger partial charge in [0.2, 0.25) is 0 Å². The van der Waals surface area contributed by atoms with Crippen molar-refractivity contribution < 1.29 is 14.6 Å². The molecule has 1 aliphatic rings. The van der Waals surface area contributed by atoms with E-state index >= 15 is 0 Å². The summed E-state index contributed by atoms with van der Waals surface area (Å²) in [5.74, 6) is 2.17. The third kappa shape index (κ3) is 3.01. The minimum atomic E-state index is 0.219. The van der Waals surface area contributed by atoms with Crippen molar-refractivity contribution in [3.05, 3.63) is 23.8 Å². The van der Waals surface area contributed by atoms with Crippen LogP contribution in [0.2, 0.25) is 0 Å². The number of aliphatic hydroxyl groups excluding tert-OH is 1. The average molecular weight is 265 g/mol. The van der Waals surface area contributed by atoms with E-state index in [1.807, 2.05) is 12.1 Å². The summed E-state index contributed by atoms with van der Waals surface area (Å²) in [6, 6.07) is 6.52. The molecular weight excluding hydrogens is 242 g/mol. The number of nitrogens with zero attached hydrogens (tertiary/aromatic N) is 1. The highest BCUT2D eigenvalue weighted by atomic mass is 16.5. The van der Waals surface area contributed by atoms with Crippen molar-refractivity contribution in [2.45, 2.75) is 25.3 Å². The van der Waals surface area contributed by atoms with Crippen molar-refractivity contribution in [1.29, 1.82) is 0 Å². The lowest BCUT2D eigenvalue weighted by atomic mass is 9.95. The maximum absolute atomic E-state index is 9.09. The highest BCUT2D eigenvalue weighted by Gasteiger charge is 2.31. The lowest BCUT2D eigenvalue weighted by Crippen LogP contribution is -2.29. The van der Waals surface area contributed by atoms with E-state index in [2.05, 4.69) is 17.9 Å². The molecule has 4 nitrogen and oxygen atoms in total. The van der Waals surface area contributed by atoms with Crippen LogP contribution in [-0.2, 0) is 0 Å². The summed E-state index contributed by atoms with van der Waals surface area (Å²) in [4.78, 5) is 2.33. The number of rotatable bonds is 5. The molecule has 1 aromatic carbocycles. The van der Waals surface area contributed by atoms with E-state index in [-0.39, 0.29) is 6.61 Å². The number of hydrogen-bond acceptors (Lipinski definition) is 4. The number of methoxy groups -OCH3 is 2. The number of hydrogen-bond donors (Lipinski definition) is 1. The van der Waals surface area contributed by atoms with Crippen LogP contribution in [0, 0.1) is 0 Å². The molecule has 19 heavy (non-hydrogen) atoms. The fourth-order valence-electron chi connectivity index (χ4n) is 2.92. The number of likely N-dealkylation sites (tertiary alicyclic amines) is 1. The summed E-state index contributed by atoms with van der Waals surface area (Å²) in [5, 5.41) is 9.09. The van der Waals surface area contributed by atoms with E-state index in [0.29, 0.717) is 12.0 Å². The van der Waals surface area contributed by atoms with Gasteiger partial charge in [0.05, 0.1) is 20.8 Å². The molecule has 0 saturated carbocycles. The van der Waals surface area contributed by atoms with Crippen LogP contribution in [0.3, 0.4) is 0 Å². The summed E-state index contributed by atoms with van der Waals surface area (Å²) in [6.07, 6.45) is 1.10. The summed E-state index contributed by atoms with van der Waals surface area (Å²) in [7, 11) is 3.36. The number of aliphatic hydroxyl groups is 1. The summed E-state index contributed by atoms with van der Waals surface area (Å²) >= 11 is 0. The first-order chi connectivity index (χ1) is 9.19. The third-order valence-corrected chi connectivity index (χ3v) is 3.97. The third-order valence-electron chi connectivity index (χ3n) is 3.97. The molecule has 2 rings (SSSR count). The zero-order chi connectivity index (χ0) is 13.8. The van der Waals surface area contributed by atoms with Crippen LogP contribution >= 0.6 is 0 Å². The Morgan fingerprint density at radius 1 is 1.32 bits per heavy atom. The molecule has 106 valence electrons. The molecule has 1 N–H and O–H groups in total. The van der Waals surface area contributed by atoms with Crippen LogP contribution in [-0.4, -0.2) is 50.0 Å². The maximum atomic E-state index is 9.09. The van der Waals surface area contributed by atoms with Crippen molar-refractivity contribution in [3.63, 3.8) is 0 Å². The molecule has 1 fully saturated rings. The predicted molar refractivity (Wildman–Crippen MR) is 75.0 cm³/mol. The smallest absolute Gasteiger partial charge is 0.126 e. The van der Waals surface area contributed by atoms with Gasteiger partial charge in [-0.1, -0.05) is 6.07 Å². The second kappa shape index (κ2) is 6.26. The van der Waals surface area contributed by atoms with Gasteiger partial charge in [-0.2, -0.15) is 0 Å². The Labute approximate surface area is 114 Å². The van der Waals surface area contributed by atoms with Crippen LogP contribution in [0.4, 0.5) is 0 Å². The fourth-order valence-corrected chi connectivity index (χ4v) is 2.92. The monoisotopic (exact) mass is 265 g/mol. The molecule has 4 heteroatoms. The minimum Gasteiger partial charge on any atom is -0.497 e. The molecule has 2 unspecified atom stereocenters. The molecule has 0 aliphatic carbocycles. The Morgan fingerprint density at radius 2 is 2.11 bits per heavy atom. The fraction of sp³-hybridized carbons (Fsp3) is 0.600. The van der Waals surface area contributed by atoms with Crippen LogP contribution in [0.15, 0.2) is 18.2 Å². The highest BCUT2D eigenvalue weighted by molar-refractivity contribution is 5.43. The molecule has 1 saturated heterocycles. The van der Waals surface area contributed by atoms with Crippen molar-refractivity contribution in [3.8, 4) is 11.5 Å². The molecule has 0 amide bonds. The molecule has 1 aliphatic heterocycles. The first-order valence-electron chi connectivity index (χ1n) is 6.76. The molecule has 0 aromatic heterocycles. The normalized spacial score (nSPS) is 23.6. The van der Waals surface area contributed by atoms with E-state index in [4.69, 9.17) is 14.6 Å². The van der Waals surface area contributed by atoms with Gasteiger partial charge in [-0.15, -0.1) is 0 Å². The SMILES string of the molecule is COc1ccc(C2CC(C)N(CCO)C2)c(OC)c1. The molecular formula is C15H23NO3. The van der Waals surface area contributed by atoms with E-state index in [9.17, 15) is 0 Å². The van der Waals surface area contributed by atoms with Crippen molar-refractivity contribution in [2.75, 3.05) is 33.9 Å². The van der Waals surface area contributed by atoms with Gasteiger partial charge in [-0.05, 0) is 25.0 Å². The number of β-amino-alcohol motifs (C(OH)–C–C–N with tert-alkyl or cyclic N) is 1. The molecule has 0 radical (unpaired) electrons. The van der Waals surface area contributed by atoms with Gasteiger partial charge in [-0.25, -0.2) is 0 Å². The first-order valence-corrected chi connectivity index (χ1v) is 6.76. The Kier molecular flexibility index (Phi) is 4.66. The van der Waals surface area contributed by atoms with Crippen molar-refractivity contribution >= 4 is 0 Å². The largest absolute Gasteiger partial charge is 0.497 e. The average Bonchev–Trinajstić information content (AvgIpc) is 2.79. The van der Waals surface area contributed by atoms with Crippen molar-refractivity contribution in [2.24, 2.45) is 0 Å². The Balaban J connectivity index is 2.18. The van der Waals surface area contributed by atoms with Crippen LogP contribution in [0.25, 0.3) is 0 Å². The van der Waals surface area contributed by atoms with Gasteiger partial charge >= 0.3 is 0 Å². The van der Waals surface area contributed by atoms with Gasteiger partial charge in [0, 0.05) is 31.1 Å². The first kappa shape index (κ1) is 14.2. The quantitative estimate of drug-likeness (QED) is 0.882. The zero-order valence-corrected chi connectivity index (χ0v) is 11.9. The lowest BCUT2D eigenvalue weighted by molar-refractivity contribution is 0.191. The van der Waals surface area contributed by atoms with E-state index in [1.165, 1.54) is 5.56 Å². The topological polar surface area (TPSA) is 41.9 Å². The lowest BCUT2D eigenvalue weighted by Gasteiger charge is -2.19. The minimum absolute atomic E-state index is 0.219. The Morgan fingerprint density at radius 3 is 2.74 bits per heavy atom. The van der Waals surface area contributed by atoms with Gasteiger partial charge < -0.3 is 14.6 Å². The predicted octanol–water partition coefficient (Wildman–Crippen LogP) is 1.87. The van der Waals surface area contributed by atoms with Gasteiger partial charge in [0.1, 0.15) is 11.5 Å². The standard InChI is InChI=1S/C15H23NO3/c1-11-8-12(10-16(11)6-7-17)14-5-4-13(18-2)9-15(14)19-3/h4-5,9,11-12,17H,6-8,10H2,1-3H3. The summed E-state index contributed by atoms with van der Waals surface area (Å²) in [5.41, 5.74) is 1.23. The second-order valence-electron chi connectivity index (χ2n) is 5.11. The van der Waals surface area contributed by atoms with Crippen LogP contribution < -0.4 is 9.47 Å². The van der Waals surface area contributed by atoms with E-state index < -0.39 is 0 Å². The van der Waals surface area contributed by atoms with E-state index in [1.54, 1.807) is 14.2 Å². The molecule has 0 bridgehead atoms.